The molecular formula is C19H23N5O2. The number of aromatic nitrogens is 4. The maximum atomic E-state index is 5.78. The molecule has 7 heteroatoms. The maximum Gasteiger partial charge on any atom is 0.173 e. The Morgan fingerprint density at radius 2 is 1.96 bits per heavy atom. The van der Waals surface area contributed by atoms with Crippen molar-refractivity contribution in [1.29, 1.82) is 0 Å². The molecule has 1 aliphatic rings. The first kappa shape index (κ1) is 16.8. The lowest BCUT2D eigenvalue weighted by Crippen LogP contribution is -2.38. The number of tetrazole rings is 1. The highest BCUT2D eigenvalue weighted by molar-refractivity contribution is 5.32. The Balaban J connectivity index is 1.64. The van der Waals surface area contributed by atoms with Gasteiger partial charge in [0, 0.05) is 6.54 Å². The molecule has 3 heterocycles. The lowest BCUT2D eigenvalue weighted by Gasteiger charge is -2.34. The van der Waals surface area contributed by atoms with E-state index in [0.717, 1.165) is 48.3 Å². The lowest BCUT2D eigenvalue weighted by molar-refractivity contribution is 0.152. The summed E-state index contributed by atoms with van der Waals surface area (Å²) < 4.78 is 13.4. The van der Waals surface area contributed by atoms with E-state index in [2.05, 4.69) is 32.6 Å². The Hall–Kier alpha value is -2.67. The Bertz CT molecular complexity index is 868. The van der Waals surface area contributed by atoms with Crippen LogP contribution in [0.4, 0.5) is 0 Å². The quantitative estimate of drug-likeness (QED) is 0.702. The van der Waals surface area contributed by atoms with Gasteiger partial charge in [0.25, 0.3) is 0 Å². The van der Waals surface area contributed by atoms with Crippen LogP contribution in [0.1, 0.15) is 42.8 Å². The highest BCUT2D eigenvalue weighted by Crippen LogP contribution is 2.32. The van der Waals surface area contributed by atoms with Crippen LogP contribution in [0.2, 0.25) is 0 Å². The lowest BCUT2D eigenvalue weighted by atomic mass is 10.0. The molecule has 0 fully saturated rings. The van der Waals surface area contributed by atoms with Crippen molar-refractivity contribution in [2.75, 3.05) is 6.54 Å². The first-order valence-electron chi connectivity index (χ1n) is 8.92. The van der Waals surface area contributed by atoms with Gasteiger partial charge in [-0.05, 0) is 61.0 Å². The summed E-state index contributed by atoms with van der Waals surface area (Å²) in [6.45, 7) is 8.35. The van der Waals surface area contributed by atoms with E-state index in [4.69, 9.17) is 9.15 Å². The van der Waals surface area contributed by atoms with Crippen molar-refractivity contribution in [3.63, 3.8) is 0 Å². The number of hydrogen-bond acceptors (Lipinski definition) is 6. The summed E-state index contributed by atoms with van der Waals surface area (Å²) in [6.07, 6.45) is 0.154. The van der Waals surface area contributed by atoms with Crippen molar-refractivity contribution >= 4 is 0 Å². The normalized spacial score (nSPS) is 17.5. The van der Waals surface area contributed by atoms with E-state index in [9.17, 15) is 0 Å². The molecule has 0 radical (unpaired) electrons. The average Bonchev–Trinajstić information content (AvgIpc) is 3.24. The Morgan fingerprint density at radius 3 is 2.65 bits per heavy atom. The fraction of sp³-hybridized carbons (Fsp3) is 0.421. The largest absolute Gasteiger partial charge is 0.491 e. The number of rotatable bonds is 5. The van der Waals surface area contributed by atoms with Crippen molar-refractivity contribution < 1.29 is 9.15 Å². The van der Waals surface area contributed by atoms with E-state index >= 15 is 0 Å². The first-order chi connectivity index (χ1) is 12.6. The Morgan fingerprint density at radius 1 is 1.15 bits per heavy atom. The summed E-state index contributed by atoms with van der Waals surface area (Å²) in [5.74, 6) is 3.60. The predicted octanol–water partition coefficient (Wildman–Crippen LogP) is 2.97. The summed E-state index contributed by atoms with van der Waals surface area (Å²) in [4.78, 5) is 2.35. The number of aryl methyl sites for hydroxylation is 1. The molecule has 0 bridgehead atoms. The van der Waals surface area contributed by atoms with Crippen LogP contribution in [0.15, 0.2) is 40.8 Å². The molecular weight excluding hydrogens is 330 g/mol. The van der Waals surface area contributed by atoms with Crippen LogP contribution in [0.5, 0.6) is 5.75 Å². The minimum absolute atomic E-state index is 0.0164. The molecule has 1 atom stereocenters. The van der Waals surface area contributed by atoms with Gasteiger partial charge in [-0.15, -0.1) is 5.10 Å². The van der Waals surface area contributed by atoms with E-state index in [1.165, 1.54) is 0 Å². The van der Waals surface area contributed by atoms with Gasteiger partial charge in [-0.25, -0.2) is 4.68 Å². The van der Waals surface area contributed by atoms with Gasteiger partial charge < -0.3 is 9.15 Å². The van der Waals surface area contributed by atoms with E-state index in [0.29, 0.717) is 0 Å². The molecule has 3 aromatic rings. The molecule has 0 saturated carbocycles. The Kier molecular flexibility index (Phi) is 4.46. The van der Waals surface area contributed by atoms with E-state index in [1.807, 2.05) is 49.7 Å². The van der Waals surface area contributed by atoms with Gasteiger partial charge in [-0.2, -0.15) is 0 Å². The SMILES string of the molecule is Cc1ccc(CN2CCn3nnnc3C2c2ccc(OC(C)C)cc2)o1. The number of nitrogens with zero attached hydrogens (tertiary/aromatic N) is 5. The van der Waals surface area contributed by atoms with Crippen molar-refractivity contribution in [2.45, 2.75) is 46.0 Å². The fourth-order valence-corrected chi connectivity index (χ4v) is 3.38. The van der Waals surface area contributed by atoms with Crippen LogP contribution in [-0.2, 0) is 13.1 Å². The summed E-state index contributed by atoms with van der Waals surface area (Å²) in [7, 11) is 0. The van der Waals surface area contributed by atoms with Crippen molar-refractivity contribution in [3.05, 3.63) is 59.3 Å². The monoisotopic (exact) mass is 353 g/mol. The number of ether oxygens (including phenoxy) is 1. The van der Waals surface area contributed by atoms with Gasteiger partial charge >= 0.3 is 0 Å². The number of furan rings is 1. The topological polar surface area (TPSA) is 69.2 Å². The molecule has 0 saturated heterocycles. The highest BCUT2D eigenvalue weighted by Gasteiger charge is 2.32. The van der Waals surface area contributed by atoms with Crippen molar-refractivity contribution in [2.24, 2.45) is 0 Å². The number of hydrogen-bond donors (Lipinski definition) is 0. The second-order valence-electron chi connectivity index (χ2n) is 6.88. The minimum Gasteiger partial charge on any atom is -0.491 e. The zero-order chi connectivity index (χ0) is 18.1. The third-order valence-corrected chi connectivity index (χ3v) is 4.49. The van der Waals surface area contributed by atoms with Gasteiger partial charge in [0.1, 0.15) is 17.3 Å². The number of fused-ring (bicyclic) bond motifs is 1. The number of benzene rings is 1. The van der Waals surface area contributed by atoms with Crippen LogP contribution in [0.25, 0.3) is 0 Å². The summed E-state index contributed by atoms with van der Waals surface area (Å²) in [5, 5.41) is 12.3. The second kappa shape index (κ2) is 6.92. The molecule has 0 N–H and O–H groups in total. The van der Waals surface area contributed by atoms with Gasteiger partial charge in [-0.1, -0.05) is 12.1 Å². The standard InChI is InChI=1S/C19H23N5O2/c1-13(2)25-16-8-5-15(6-9-16)18-19-20-21-22-24(19)11-10-23(18)12-17-7-4-14(3)26-17/h4-9,13,18H,10-12H2,1-3H3. The zero-order valence-electron chi connectivity index (χ0n) is 15.3. The molecule has 4 rings (SSSR count). The molecule has 0 amide bonds. The predicted molar refractivity (Wildman–Crippen MR) is 95.7 cm³/mol. The Labute approximate surface area is 152 Å². The highest BCUT2D eigenvalue weighted by atomic mass is 16.5. The third-order valence-electron chi connectivity index (χ3n) is 4.49. The molecule has 0 spiro atoms. The van der Waals surface area contributed by atoms with Crippen LogP contribution in [0.3, 0.4) is 0 Å². The third kappa shape index (κ3) is 3.35. The minimum atomic E-state index is -0.0164. The molecule has 1 aliphatic heterocycles. The van der Waals surface area contributed by atoms with Crippen molar-refractivity contribution in [1.82, 2.24) is 25.1 Å². The molecule has 26 heavy (non-hydrogen) atoms. The molecule has 7 nitrogen and oxygen atoms in total. The molecule has 1 aromatic carbocycles. The van der Waals surface area contributed by atoms with Gasteiger partial charge in [0.05, 0.1) is 25.2 Å². The van der Waals surface area contributed by atoms with Crippen molar-refractivity contribution in [3.8, 4) is 5.75 Å². The van der Waals surface area contributed by atoms with Gasteiger partial charge in [0.15, 0.2) is 5.82 Å². The molecule has 136 valence electrons. The summed E-state index contributed by atoms with van der Waals surface area (Å²) >= 11 is 0. The van der Waals surface area contributed by atoms with Crippen LogP contribution < -0.4 is 4.74 Å². The smallest absolute Gasteiger partial charge is 0.173 e. The molecule has 0 aliphatic carbocycles. The average molecular weight is 353 g/mol. The fourth-order valence-electron chi connectivity index (χ4n) is 3.38. The van der Waals surface area contributed by atoms with Gasteiger partial charge in [-0.3, -0.25) is 4.90 Å². The second-order valence-corrected chi connectivity index (χ2v) is 6.88. The van der Waals surface area contributed by atoms with Crippen LogP contribution in [-0.4, -0.2) is 37.8 Å². The molecule has 1 unspecified atom stereocenters. The first-order valence-corrected chi connectivity index (χ1v) is 8.92. The van der Waals surface area contributed by atoms with E-state index in [-0.39, 0.29) is 12.1 Å². The zero-order valence-corrected chi connectivity index (χ0v) is 15.3. The van der Waals surface area contributed by atoms with Crippen LogP contribution in [0, 0.1) is 6.92 Å². The summed E-state index contributed by atoms with van der Waals surface area (Å²) in [6, 6.07) is 12.2. The molecule has 2 aromatic heterocycles. The van der Waals surface area contributed by atoms with E-state index in [1.54, 1.807) is 0 Å². The van der Waals surface area contributed by atoms with Gasteiger partial charge in [0.2, 0.25) is 0 Å². The summed E-state index contributed by atoms with van der Waals surface area (Å²) in [5.41, 5.74) is 1.14. The van der Waals surface area contributed by atoms with E-state index < -0.39 is 0 Å². The van der Waals surface area contributed by atoms with Crippen LogP contribution >= 0.6 is 0 Å². The maximum absolute atomic E-state index is 5.78.